The van der Waals surface area contributed by atoms with Crippen LogP contribution >= 0.6 is 58.8 Å². The molecule has 2 amide bonds. The molecule has 1 aliphatic heterocycles. The number of carbonyl (C=O) groups is 2. The van der Waals surface area contributed by atoms with Crippen molar-refractivity contribution >= 4 is 81.0 Å². The minimum Gasteiger partial charge on any atom is -0.457 e. The van der Waals surface area contributed by atoms with E-state index in [2.05, 4.69) is 5.43 Å². The first-order valence-electron chi connectivity index (χ1n) is 8.72. The van der Waals surface area contributed by atoms with Crippen LogP contribution in [0.5, 0.6) is 0 Å². The average Bonchev–Trinajstić information content (AvgIpc) is 3.31. The first-order chi connectivity index (χ1) is 14.8. The van der Waals surface area contributed by atoms with Gasteiger partial charge in [0, 0.05) is 22.2 Å². The highest BCUT2D eigenvalue weighted by molar-refractivity contribution is 8.26. The molecule has 1 saturated heterocycles. The summed E-state index contributed by atoms with van der Waals surface area (Å²) in [5.41, 5.74) is 3.49. The van der Waals surface area contributed by atoms with Crippen molar-refractivity contribution in [3.8, 4) is 11.3 Å². The molecule has 5 nitrogen and oxygen atoms in total. The van der Waals surface area contributed by atoms with Crippen LogP contribution in [-0.4, -0.2) is 21.1 Å². The van der Waals surface area contributed by atoms with Crippen molar-refractivity contribution in [2.24, 2.45) is 0 Å². The first kappa shape index (κ1) is 21.9. The van der Waals surface area contributed by atoms with Gasteiger partial charge in [-0.2, -0.15) is 5.01 Å². The minimum atomic E-state index is -0.481. The first-order valence-corrected chi connectivity index (χ1v) is 11.1. The molecule has 1 aromatic heterocycles. The quantitative estimate of drug-likeness (QED) is 0.323. The standard InChI is InChI=1S/C21H11Cl3N2O3S2/c22-12-6-4-11(5-7-12)19(27)25-26-20(28)17(31-21(26)30)10-13-8-9-16(29-13)14-2-1-3-15(23)18(14)24/h1-10H,(H,25,27)/b17-10+. The maximum atomic E-state index is 12.8. The van der Waals surface area contributed by atoms with Crippen LogP contribution in [0.4, 0.5) is 0 Å². The lowest BCUT2D eigenvalue weighted by atomic mass is 10.2. The van der Waals surface area contributed by atoms with Gasteiger partial charge in [0.2, 0.25) is 0 Å². The van der Waals surface area contributed by atoms with Gasteiger partial charge in [0.15, 0.2) is 4.32 Å². The maximum Gasteiger partial charge on any atom is 0.285 e. The Balaban J connectivity index is 1.52. The summed E-state index contributed by atoms with van der Waals surface area (Å²) in [6, 6.07) is 14.9. The number of thioether (sulfide) groups is 1. The molecule has 1 fully saturated rings. The number of furan rings is 1. The molecule has 0 aliphatic carbocycles. The summed E-state index contributed by atoms with van der Waals surface area (Å²) in [5.74, 6) is -0.0120. The topological polar surface area (TPSA) is 62.6 Å². The molecule has 4 rings (SSSR count). The van der Waals surface area contributed by atoms with Crippen LogP contribution in [0.2, 0.25) is 15.1 Å². The molecule has 156 valence electrons. The molecular formula is C21H11Cl3N2O3S2. The van der Waals surface area contributed by atoms with Crippen LogP contribution in [0.1, 0.15) is 16.1 Å². The van der Waals surface area contributed by atoms with Crippen molar-refractivity contribution in [2.75, 3.05) is 0 Å². The van der Waals surface area contributed by atoms with Crippen LogP contribution < -0.4 is 5.43 Å². The average molecular weight is 510 g/mol. The number of hydrogen-bond acceptors (Lipinski definition) is 5. The van der Waals surface area contributed by atoms with E-state index >= 15 is 0 Å². The number of nitrogens with one attached hydrogen (secondary N) is 1. The largest absolute Gasteiger partial charge is 0.457 e. The third-order valence-electron chi connectivity index (χ3n) is 4.23. The van der Waals surface area contributed by atoms with Gasteiger partial charge < -0.3 is 4.42 Å². The predicted molar refractivity (Wildman–Crippen MR) is 128 cm³/mol. The van der Waals surface area contributed by atoms with Gasteiger partial charge in [-0.1, -0.05) is 52.6 Å². The van der Waals surface area contributed by atoms with Crippen molar-refractivity contribution in [3.05, 3.63) is 85.9 Å². The van der Waals surface area contributed by atoms with Crippen molar-refractivity contribution in [3.63, 3.8) is 0 Å². The molecule has 2 aromatic carbocycles. The normalized spacial score (nSPS) is 15.1. The molecular weight excluding hydrogens is 499 g/mol. The van der Waals surface area contributed by atoms with Gasteiger partial charge in [-0.15, -0.1) is 0 Å². The Labute approximate surface area is 201 Å². The fourth-order valence-corrected chi connectivity index (χ4v) is 4.41. The molecule has 0 unspecified atom stereocenters. The number of halogens is 3. The van der Waals surface area contributed by atoms with E-state index in [1.807, 2.05) is 0 Å². The predicted octanol–water partition coefficient (Wildman–Crippen LogP) is 6.45. The zero-order valence-corrected chi connectivity index (χ0v) is 19.3. The Morgan fingerprint density at radius 2 is 1.81 bits per heavy atom. The zero-order valence-electron chi connectivity index (χ0n) is 15.4. The molecule has 0 atom stereocenters. The summed E-state index contributed by atoms with van der Waals surface area (Å²) < 4.78 is 6.00. The molecule has 10 heteroatoms. The fraction of sp³-hybridized carbons (Fsp3) is 0. The molecule has 3 aromatic rings. The smallest absolute Gasteiger partial charge is 0.285 e. The number of benzene rings is 2. The monoisotopic (exact) mass is 508 g/mol. The lowest BCUT2D eigenvalue weighted by Crippen LogP contribution is -2.44. The van der Waals surface area contributed by atoms with E-state index in [-0.39, 0.29) is 4.32 Å². The number of carbonyl (C=O) groups excluding carboxylic acids is 2. The molecule has 1 aliphatic rings. The highest BCUT2D eigenvalue weighted by atomic mass is 35.5. The molecule has 1 N–H and O–H groups in total. The summed E-state index contributed by atoms with van der Waals surface area (Å²) in [7, 11) is 0. The molecule has 0 spiro atoms. The maximum absolute atomic E-state index is 12.8. The lowest BCUT2D eigenvalue weighted by molar-refractivity contribution is -0.123. The molecule has 0 bridgehead atoms. The van der Waals surface area contributed by atoms with Crippen molar-refractivity contribution in [2.45, 2.75) is 0 Å². The summed E-state index contributed by atoms with van der Waals surface area (Å²) in [6.07, 6.45) is 1.55. The Morgan fingerprint density at radius 3 is 2.55 bits per heavy atom. The second kappa shape index (κ2) is 9.06. The molecule has 31 heavy (non-hydrogen) atoms. The summed E-state index contributed by atoms with van der Waals surface area (Å²) in [5, 5.41) is 2.32. The Morgan fingerprint density at radius 1 is 1.06 bits per heavy atom. The van der Waals surface area contributed by atoms with Crippen LogP contribution in [0, 0.1) is 0 Å². The van der Waals surface area contributed by atoms with Crippen LogP contribution in [0.15, 0.2) is 63.9 Å². The third-order valence-corrected chi connectivity index (χ3v) is 6.60. The molecule has 2 heterocycles. The number of nitrogens with zero attached hydrogens (tertiary/aromatic N) is 1. The van der Waals surface area contributed by atoms with Gasteiger partial charge in [-0.25, -0.2) is 0 Å². The Kier molecular flexibility index (Phi) is 6.41. The van der Waals surface area contributed by atoms with E-state index < -0.39 is 11.8 Å². The molecule has 0 radical (unpaired) electrons. The number of rotatable bonds is 4. The minimum absolute atomic E-state index is 0.197. The van der Waals surface area contributed by atoms with Crippen molar-refractivity contribution in [1.82, 2.24) is 10.4 Å². The van der Waals surface area contributed by atoms with E-state index in [1.165, 1.54) is 0 Å². The highest BCUT2D eigenvalue weighted by Gasteiger charge is 2.34. The number of thiocarbonyl (C=S) groups is 1. The van der Waals surface area contributed by atoms with Gasteiger partial charge in [-0.05, 0) is 60.7 Å². The van der Waals surface area contributed by atoms with Gasteiger partial charge in [0.05, 0.1) is 15.0 Å². The summed E-state index contributed by atoms with van der Waals surface area (Å²) in [4.78, 5) is 25.5. The van der Waals surface area contributed by atoms with Crippen molar-refractivity contribution in [1.29, 1.82) is 0 Å². The van der Waals surface area contributed by atoms with E-state index in [0.717, 1.165) is 16.8 Å². The van der Waals surface area contributed by atoms with Crippen LogP contribution in [-0.2, 0) is 4.79 Å². The SMILES string of the molecule is O=C(NN1C(=O)/C(=C\c2ccc(-c3cccc(Cl)c3Cl)o2)SC1=S)c1ccc(Cl)cc1. The summed E-state index contributed by atoms with van der Waals surface area (Å²) >= 11 is 24.4. The summed E-state index contributed by atoms with van der Waals surface area (Å²) in [6.45, 7) is 0. The second-order valence-corrected chi connectivity index (χ2v) is 9.17. The third kappa shape index (κ3) is 4.66. The second-order valence-electron chi connectivity index (χ2n) is 6.27. The van der Waals surface area contributed by atoms with Gasteiger partial charge in [0.1, 0.15) is 11.5 Å². The highest BCUT2D eigenvalue weighted by Crippen LogP contribution is 2.36. The van der Waals surface area contributed by atoms with Gasteiger partial charge in [-0.3, -0.25) is 15.0 Å². The Bertz CT molecular complexity index is 1240. The van der Waals surface area contributed by atoms with Crippen molar-refractivity contribution < 1.29 is 14.0 Å². The Hall–Kier alpha value is -2.29. The number of hydrazine groups is 1. The number of amides is 2. The fourth-order valence-electron chi connectivity index (χ4n) is 2.73. The van der Waals surface area contributed by atoms with E-state index in [9.17, 15) is 9.59 Å². The molecule has 0 saturated carbocycles. The van der Waals surface area contributed by atoms with Crippen LogP contribution in [0.3, 0.4) is 0 Å². The number of hydrogen-bond donors (Lipinski definition) is 1. The van der Waals surface area contributed by atoms with Crippen LogP contribution in [0.25, 0.3) is 17.4 Å². The van der Waals surface area contributed by atoms with Gasteiger partial charge in [0.25, 0.3) is 11.8 Å². The van der Waals surface area contributed by atoms with E-state index in [1.54, 1.807) is 60.7 Å². The lowest BCUT2D eigenvalue weighted by Gasteiger charge is -2.15. The zero-order chi connectivity index (χ0) is 22.1. The van der Waals surface area contributed by atoms with Gasteiger partial charge >= 0.3 is 0 Å². The van der Waals surface area contributed by atoms with E-state index in [4.69, 9.17) is 51.4 Å². The van der Waals surface area contributed by atoms with E-state index in [0.29, 0.717) is 42.6 Å².